The van der Waals surface area contributed by atoms with E-state index in [9.17, 15) is 14.7 Å². The van der Waals surface area contributed by atoms with E-state index in [1.807, 2.05) is 24.3 Å². The molecule has 1 fully saturated rings. The summed E-state index contributed by atoms with van der Waals surface area (Å²) in [6, 6.07) is 7.37. The summed E-state index contributed by atoms with van der Waals surface area (Å²) < 4.78 is 5.33. The highest BCUT2D eigenvalue weighted by atomic mass is 16.5. The molecule has 3 rings (SSSR count). The van der Waals surface area contributed by atoms with Gasteiger partial charge in [-0.15, -0.1) is 0 Å². The molecule has 2 heterocycles. The average Bonchev–Trinajstić information content (AvgIpc) is 2.54. The minimum atomic E-state index is -0.816. The number of para-hydroxylation sites is 1. The molecule has 1 atom stereocenters. The van der Waals surface area contributed by atoms with Gasteiger partial charge in [0.2, 0.25) is 5.91 Å². The minimum Gasteiger partial charge on any atom is -0.481 e. The number of carboxylic acid groups (broad SMARTS) is 1. The Kier molecular flexibility index (Phi) is 4.43. The molecule has 1 unspecified atom stereocenters. The van der Waals surface area contributed by atoms with Crippen LogP contribution < -0.4 is 4.90 Å². The van der Waals surface area contributed by atoms with E-state index >= 15 is 0 Å². The maximum Gasteiger partial charge on any atom is 0.311 e. The van der Waals surface area contributed by atoms with Crippen LogP contribution in [0, 0.1) is 5.92 Å². The number of hydrogen-bond donors (Lipinski definition) is 1. The Morgan fingerprint density at radius 3 is 2.64 bits per heavy atom. The second-order valence-corrected chi connectivity index (χ2v) is 6.04. The number of anilines is 1. The molecule has 0 bridgehead atoms. The normalized spacial score (nSPS) is 22.2. The van der Waals surface area contributed by atoms with E-state index in [0.717, 1.165) is 37.3 Å². The zero-order valence-corrected chi connectivity index (χ0v) is 12.5. The summed E-state index contributed by atoms with van der Waals surface area (Å²) >= 11 is 0. The summed E-state index contributed by atoms with van der Waals surface area (Å²) in [6.45, 7) is 1.95. The first-order valence-corrected chi connectivity index (χ1v) is 7.86. The Labute approximate surface area is 129 Å². The van der Waals surface area contributed by atoms with Crippen LogP contribution in [0.5, 0.6) is 0 Å². The Morgan fingerprint density at radius 2 is 1.91 bits per heavy atom. The molecule has 0 spiro atoms. The molecule has 0 aliphatic carbocycles. The van der Waals surface area contributed by atoms with Crippen molar-refractivity contribution >= 4 is 17.6 Å². The maximum absolute atomic E-state index is 12.6. The van der Waals surface area contributed by atoms with Gasteiger partial charge in [0.1, 0.15) is 0 Å². The van der Waals surface area contributed by atoms with Gasteiger partial charge in [0.25, 0.3) is 0 Å². The van der Waals surface area contributed by atoms with Gasteiger partial charge in [0, 0.05) is 31.9 Å². The molecular formula is C17H21NO4. The lowest BCUT2D eigenvalue weighted by atomic mass is 9.89. The second-order valence-electron chi connectivity index (χ2n) is 6.04. The first kappa shape index (κ1) is 15.0. The van der Waals surface area contributed by atoms with Gasteiger partial charge in [-0.25, -0.2) is 0 Å². The molecule has 2 aliphatic rings. The fourth-order valence-corrected chi connectivity index (χ4v) is 3.39. The fourth-order valence-electron chi connectivity index (χ4n) is 3.39. The molecule has 1 amide bonds. The molecule has 1 aromatic carbocycles. The van der Waals surface area contributed by atoms with Gasteiger partial charge >= 0.3 is 5.97 Å². The van der Waals surface area contributed by atoms with Gasteiger partial charge in [-0.05, 0) is 36.8 Å². The smallest absolute Gasteiger partial charge is 0.311 e. The third-order valence-corrected chi connectivity index (χ3v) is 4.65. The number of hydrogen-bond acceptors (Lipinski definition) is 3. The predicted octanol–water partition coefficient (Wildman–Crippen LogP) is 2.41. The molecule has 5 nitrogen and oxygen atoms in total. The highest BCUT2D eigenvalue weighted by molar-refractivity contribution is 5.96. The van der Waals surface area contributed by atoms with Crippen molar-refractivity contribution in [2.45, 2.75) is 31.6 Å². The van der Waals surface area contributed by atoms with Gasteiger partial charge in [-0.1, -0.05) is 18.2 Å². The zero-order chi connectivity index (χ0) is 15.5. The molecule has 1 saturated heterocycles. The Bertz CT molecular complexity index is 566. The highest BCUT2D eigenvalue weighted by Crippen LogP contribution is 2.36. The predicted molar refractivity (Wildman–Crippen MR) is 81.9 cm³/mol. The largest absolute Gasteiger partial charge is 0.481 e. The van der Waals surface area contributed by atoms with Crippen LogP contribution in [-0.4, -0.2) is 36.7 Å². The maximum atomic E-state index is 12.6. The monoisotopic (exact) mass is 303 g/mol. The van der Waals surface area contributed by atoms with Crippen LogP contribution in [0.2, 0.25) is 0 Å². The van der Waals surface area contributed by atoms with E-state index in [0.29, 0.717) is 25.3 Å². The Balaban J connectivity index is 1.78. The summed E-state index contributed by atoms with van der Waals surface area (Å²) in [6.07, 6.45) is 2.86. The van der Waals surface area contributed by atoms with E-state index in [4.69, 9.17) is 4.74 Å². The third kappa shape index (κ3) is 2.99. The van der Waals surface area contributed by atoms with Gasteiger partial charge in [0.05, 0.1) is 5.92 Å². The number of carbonyl (C=O) groups is 2. The van der Waals surface area contributed by atoms with Crippen LogP contribution in [0.4, 0.5) is 5.69 Å². The molecular weight excluding hydrogens is 282 g/mol. The number of benzene rings is 1. The minimum absolute atomic E-state index is 0.100. The van der Waals surface area contributed by atoms with Gasteiger partial charge in [-0.3, -0.25) is 9.59 Å². The molecule has 2 aliphatic heterocycles. The zero-order valence-electron chi connectivity index (χ0n) is 12.5. The number of carbonyl (C=O) groups excluding carboxylic acids is 1. The number of amides is 1. The van der Waals surface area contributed by atoms with E-state index in [1.165, 1.54) is 0 Å². The number of aliphatic carboxylic acids is 1. The molecule has 1 aromatic rings. The lowest BCUT2D eigenvalue weighted by Crippen LogP contribution is -2.39. The number of fused-ring (bicyclic) bond motifs is 1. The number of rotatable bonds is 3. The first-order chi connectivity index (χ1) is 10.7. The summed E-state index contributed by atoms with van der Waals surface area (Å²) in [5.41, 5.74) is 1.51. The van der Waals surface area contributed by atoms with Gasteiger partial charge in [-0.2, -0.15) is 0 Å². The van der Waals surface area contributed by atoms with E-state index in [-0.39, 0.29) is 5.91 Å². The van der Waals surface area contributed by atoms with Crippen molar-refractivity contribution in [3.63, 3.8) is 0 Å². The number of nitrogens with zero attached hydrogens (tertiary/aromatic N) is 1. The lowest BCUT2D eigenvalue weighted by molar-refractivity contribution is -0.139. The summed E-state index contributed by atoms with van der Waals surface area (Å²) in [5.74, 6) is -0.846. The standard InChI is InChI=1S/C17H21NO4/c19-16(11-12-6-9-22-10-7-12)18-8-5-14(17(20)21)13-3-1-2-4-15(13)18/h1-4,12,14H,5-11H2,(H,20,21). The average molecular weight is 303 g/mol. The van der Waals surface area contributed by atoms with Crippen molar-refractivity contribution in [2.24, 2.45) is 5.92 Å². The van der Waals surface area contributed by atoms with Crippen LogP contribution in [0.25, 0.3) is 0 Å². The molecule has 0 radical (unpaired) electrons. The fraction of sp³-hybridized carbons (Fsp3) is 0.529. The molecule has 0 saturated carbocycles. The van der Waals surface area contributed by atoms with Crippen LogP contribution >= 0.6 is 0 Å². The lowest BCUT2D eigenvalue weighted by Gasteiger charge is -2.34. The van der Waals surface area contributed by atoms with Crippen LogP contribution in [0.15, 0.2) is 24.3 Å². The number of carboxylic acids is 1. The van der Waals surface area contributed by atoms with Gasteiger partial charge < -0.3 is 14.7 Å². The van der Waals surface area contributed by atoms with Crippen molar-refractivity contribution in [1.29, 1.82) is 0 Å². The highest BCUT2D eigenvalue weighted by Gasteiger charge is 2.33. The first-order valence-electron chi connectivity index (χ1n) is 7.86. The third-order valence-electron chi connectivity index (χ3n) is 4.65. The van der Waals surface area contributed by atoms with E-state index in [2.05, 4.69) is 0 Å². The Hall–Kier alpha value is -1.88. The van der Waals surface area contributed by atoms with Crippen molar-refractivity contribution in [3.8, 4) is 0 Å². The Morgan fingerprint density at radius 1 is 1.18 bits per heavy atom. The SMILES string of the molecule is O=C(O)C1CCN(C(=O)CC2CCOCC2)c2ccccc21. The van der Waals surface area contributed by atoms with Crippen molar-refractivity contribution < 1.29 is 19.4 Å². The summed E-state index contributed by atoms with van der Waals surface area (Å²) in [7, 11) is 0. The van der Waals surface area contributed by atoms with Crippen LogP contribution in [0.3, 0.4) is 0 Å². The summed E-state index contributed by atoms with van der Waals surface area (Å²) in [4.78, 5) is 25.8. The van der Waals surface area contributed by atoms with Crippen molar-refractivity contribution in [1.82, 2.24) is 0 Å². The molecule has 1 N–H and O–H groups in total. The topological polar surface area (TPSA) is 66.8 Å². The second kappa shape index (κ2) is 6.48. The molecule has 22 heavy (non-hydrogen) atoms. The van der Waals surface area contributed by atoms with E-state index < -0.39 is 11.9 Å². The van der Waals surface area contributed by atoms with E-state index in [1.54, 1.807) is 4.90 Å². The summed E-state index contributed by atoms with van der Waals surface area (Å²) in [5, 5.41) is 9.35. The van der Waals surface area contributed by atoms with Crippen LogP contribution in [0.1, 0.15) is 37.2 Å². The van der Waals surface area contributed by atoms with Crippen LogP contribution in [-0.2, 0) is 14.3 Å². The molecule has 0 aromatic heterocycles. The van der Waals surface area contributed by atoms with Gasteiger partial charge in [0.15, 0.2) is 0 Å². The van der Waals surface area contributed by atoms with Crippen molar-refractivity contribution in [3.05, 3.63) is 29.8 Å². The van der Waals surface area contributed by atoms with Crippen molar-refractivity contribution in [2.75, 3.05) is 24.7 Å². The number of ether oxygens (including phenoxy) is 1. The molecule has 5 heteroatoms. The quantitative estimate of drug-likeness (QED) is 0.931. The molecule has 118 valence electrons.